The number of hydrogen-bond acceptors (Lipinski definition) is 3. The monoisotopic (exact) mass is 224 g/mol. The van der Waals surface area contributed by atoms with E-state index in [4.69, 9.17) is 0 Å². The second-order valence-corrected chi connectivity index (χ2v) is 4.22. The van der Waals surface area contributed by atoms with E-state index in [1.165, 1.54) is 11.3 Å². The van der Waals surface area contributed by atoms with Crippen LogP contribution in [-0.4, -0.2) is 28.9 Å². The lowest BCUT2D eigenvalue weighted by atomic mass is 10.2. The van der Waals surface area contributed by atoms with E-state index in [-0.39, 0.29) is 0 Å². The molecule has 0 aliphatic rings. The van der Waals surface area contributed by atoms with Crippen molar-refractivity contribution in [3.63, 3.8) is 0 Å². The van der Waals surface area contributed by atoms with Gasteiger partial charge in [0.05, 0.1) is 5.69 Å². The SMILES string of the molecule is CCNCC(C)NCc1cn(C)nc1CC. The molecule has 1 aromatic rings. The van der Waals surface area contributed by atoms with Gasteiger partial charge in [-0.1, -0.05) is 13.8 Å². The average Bonchev–Trinajstić information content (AvgIpc) is 2.64. The first-order chi connectivity index (χ1) is 7.67. The van der Waals surface area contributed by atoms with Crippen molar-refractivity contribution in [1.82, 2.24) is 20.4 Å². The molecule has 0 saturated heterocycles. The van der Waals surface area contributed by atoms with Crippen LogP contribution in [0.25, 0.3) is 0 Å². The van der Waals surface area contributed by atoms with E-state index in [9.17, 15) is 0 Å². The van der Waals surface area contributed by atoms with Crippen molar-refractivity contribution < 1.29 is 0 Å². The number of nitrogens with one attached hydrogen (secondary N) is 2. The average molecular weight is 224 g/mol. The third-order valence-electron chi connectivity index (χ3n) is 2.67. The molecule has 0 aliphatic heterocycles. The molecule has 16 heavy (non-hydrogen) atoms. The van der Waals surface area contributed by atoms with E-state index in [0.29, 0.717) is 6.04 Å². The van der Waals surface area contributed by atoms with Crippen LogP contribution in [0.1, 0.15) is 32.0 Å². The molecule has 0 spiro atoms. The van der Waals surface area contributed by atoms with E-state index in [2.05, 4.69) is 42.7 Å². The lowest BCUT2D eigenvalue weighted by molar-refractivity contribution is 0.508. The summed E-state index contributed by atoms with van der Waals surface area (Å²) in [4.78, 5) is 0. The number of aromatic nitrogens is 2. The summed E-state index contributed by atoms with van der Waals surface area (Å²) in [6.07, 6.45) is 3.10. The topological polar surface area (TPSA) is 41.9 Å². The second kappa shape index (κ2) is 6.66. The maximum atomic E-state index is 4.43. The molecule has 0 aromatic carbocycles. The minimum atomic E-state index is 0.491. The summed E-state index contributed by atoms with van der Waals surface area (Å²) in [6, 6.07) is 0.491. The summed E-state index contributed by atoms with van der Waals surface area (Å²) < 4.78 is 1.89. The van der Waals surface area contributed by atoms with Gasteiger partial charge < -0.3 is 10.6 Å². The highest BCUT2D eigenvalue weighted by molar-refractivity contribution is 5.16. The molecule has 2 N–H and O–H groups in total. The Morgan fingerprint density at radius 3 is 2.81 bits per heavy atom. The maximum absolute atomic E-state index is 4.43. The maximum Gasteiger partial charge on any atom is 0.0666 e. The van der Waals surface area contributed by atoms with Gasteiger partial charge in [-0.05, 0) is 19.9 Å². The molecule has 1 aromatic heterocycles. The quantitative estimate of drug-likeness (QED) is 0.728. The van der Waals surface area contributed by atoms with Crippen molar-refractivity contribution in [2.24, 2.45) is 7.05 Å². The zero-order chi connectivity index (χ0) is 12.0. The van der Waals surface area contributed by atoms with E-state index >= 15 is 0 Å². The normalized spacial score (nSPS) is 13.0. The van der Waals surface area contributed by atoms with E-state index in [1.54, 1.807) is 0 Å². The zero-order valence-corrected chi connectivity index (χ0v) is 10.9. The number of likely N-dealkylation sites (N-methyl/N-ethyl adjacent to an activating group) is 1. The van der Waals surface area contributed by atoms with Crippen LogP contribution in [-0.2, 0) is 20.0 Å². The van der Waals surface area contributed by atoms with Crippen molar-refractivity contribution in [3.05, 3.63) is 17.5 Å². The lowest BCUT2D eigenvalue weighted by Crippen LogP contribution is -2.35. The second-order valence-electron chi connectivity index (χ2n) is 4.22. The van der Waals surface area contributed by atoms with Gasteiger partial charge in [0.2, 0.25) is 0 Å². The summed E-state index contributed by atoms with van der Waals surface area (Å²) in [7, 11) is 1.98. The van der Waals surface area contributed by atoms with Gasteiger partial charge in [0.15, 0.2) is 0 Å². The molecule has 4 nitrogen and oxygen atoms in total. The highest BCUT2D eigenvalue weighted by Crippen LogP contribution is 2.06. The highest BCUT2D eigenvalue weighted by Gasteiger charge is 2.07. The van der Waals surface area contributed by atoms with Gasteiger partial charge in [-0.25, -0.2) is 0 Å². The number of hydrogen-bond donors (Lipinski definition) is 2. The van der Waals surface area contributed by atoms with Gasteiger partial charge in [0.1, 0.15) is 0 Å². The van der Waals surface area contributed by atoms with Crippen LogP contribution in [0.2, 0.25) is 0 Å². The Morgan fingerprint density at radius 1 is 1.44 bits per heavy atom. The van der Waals surface area contributed by atoms with Crippen LogP contribution in [0.4, 0.5) is 0 Å². The van der Waals surface area contributed by atoms with E-state index in [1.807, 2.05) is 11.7 Å². The van der Waals surface area contributed by atoms with Crippen LogP contribution in [0.5, 0.6) is 0 Å². The standard InChI is InChI=1S/C12H24N4/c1-5-12-11(9-16(4)15-12)8-14-10(3)7-13-6-2/h9-10,13-14H,5-8H2,1-4H3. The fourth-order valence-electron chi connectivity index (χ4n) is 1.75. The molecular weight excluding hydrogens is 200 g/mol. The third-order valence-corrected chi connectivity index (χ3v) is 2.67. The first-order valence-electron chi connectivity index (χ1n) is 6.12. The predicted octanol–water partition coefficient (Wildman–Crippen LogP) is 1.07. The Bertz CT molecular complexity index is 306. The van der Waals surface area contributed by atoms with Crippen molar-refractivity contribution in [2.75, 3.05) is 13.1 Å². The van der Waals surface area contributed by atoms with Gasteiger partial charge in [-0.15, -0.1) is 0 Å². The van der Waals surface area contributed by atoms with Gasteiger partial charge in [0, 0.05) is 37.9 Å². The first-order valence-corrected chi connectivity index (χ1v) is 6.12. The van der Waals surface area contributed by atoms with Gasteiger partial charge >= 0.3 is 0 Å². The van der Waals surface area contributed by atoms with E-state index < -0.39 is 0 Å². The molecule has 0 saturated carbocycles. The van der Waals surface area contributed by atoms with Gasteiger partial charge in [-0.2, -0.15) is 5.10 Å². The molecular formula is C12H24N4. The molecule has 0 amide bonds. The highest BCUT2D eigenvalue weighted by atomic mass is 15.3. The molecule has 0 aliphatic carbocycles. The molecule has 0 bridgehead atoms. The van der Waals surface area contributed by atoms with Crippen LogP contribution in [0, 0.1) is 0 Å². The zero-order valence-electron chi connectivity index (χ0n) is 10.9. The molecule has 1 atom stereocenters. The third kappa shape index (κ3) is 3.94. The van der Waals surface area contributed by atoms with Gasteiger partial charge in [0.25, 0.3) is 0 Å². The summed E-state index contributed by atoms with van der Waals surface area (Å²) in [6.45, 7) is 9.42. The number of aryl methyl sites for hydroxylation is 2. The van der Waals surface area contributed by atoms with Crippen molar-refractivity contribution in [3.8, 4) is 0 Å². The Labute approximate surface area is 98.4 Å². The van der Waals surface area contributed by atoms with Crippen molar-refractivity contribution in [2.45, 2.75) is 39.8 Å². The van der Waals surface area contributed by atoms with Crippen molar-refractivity contribution in [1.29, 1.82) is 0 Å². The number of nitrogens with zero attached hydrogens (tertiary/aromatic N) is 2. The van der Waals surface area contributed by atoms with Crippen molar-refractivity contribution >= 4 is 0 Å². The molecule has 1 rings (SSSR count). The summed E-state index contributed by atoms with van der Waals surface area (Å²) in [5.41, 5.74) is 2.51. The molecule has 4 heteroatoms. The van der Waals surface area contributed by atoms with Crippen LogP contribution >= 0.6 is 0 Å². The Balaban J connectivity index is 2.41. The minimum absolute atomic E-state index is 0.491. The molecule has 0 fully saturated rings. The van der Waals surface area contributed by atoms with Crippen LogP contribution in [0.3, 0.4) is 0 Å². The molecule has 92 valence electrons. The fraction of sp³-hybridized carbons (Fsp3) is 0.750. The number of rotatable bonds is 7. The Hall–Kier alpha value is -0.870. The Morgan fingerprint density at radius 2 is 2.19 bits per heavy atom. The van der Waals surface area contributed by atoms with Gasteiger partial charge in [-0.3, -0.25) is 4.68 Å². The fourth-order valence-corrected chi connectivity index (χ4v) is 1.75. The van der Waals surface area contributed by atoms with E-state index in [0.717, 1.165) is 26.1 Å². The molecule has 1 unspecified atom stereocenters. The first kappa shape index (κ1) is 13.2. The molecule has 0 radical (unpaired) electrons. The summed E-state index contributed by atoms with van der Waals surface area (Å²) >= 11 is 0. The summed E-state index contributed by atoms with van der Waals surface area (Å²) in [5, 5.41) is 11.3. The Kier molecular flexibility index (Phi) is 5.49. The molecule has 1 heterocycles. The summed E-state index contributed by atoms with van der Waals surface area (Å²) in [5.74, 6) is 0. The predicted molar refractivity (Wildman–Crippen MR) is 67.4 cm³/mol. The lowest BCUT2D eigenvalue weighted by Gasteiger charge is -2.13. The van der Waals surface area contributed by atoms with Crippen LogP contribution < -0.4 is 10.6 Å². The minimum Gasteiger partial charge on any atom is -0.315 e. The van der Waals surface area contributed by atoms with Crippen LogP contribution in [0.15, 0.2) is 6.20 Å². The smallest absolute Gasteiger partial charge is 0.0666 e. The largest absolute Gasteiger partial charge is 0.315 e.